The lowest BCUT2D eigenvalue weighted by molar-refractivity contribution is -0.144. The van der Waals surface area contributed by atoms with E-state index < -0.39 is 17.8 Å². The van der Waals surface area contributed by atoms with Crippen LogP contribution < -0.4 is 10.1 Å². The Balaban J connectivity index is 2.09. The Morgan fingerprint density at radius 2 is 2.24 bits per heavy atom. The number of methoxy groups -OCH3 is 1. The molecular formula is C14H17FN2O4. The van der Waals surface area contributed by atoms with E-state index in [-0.39, 0.29) is 18.3 Å². The molecule has 1 aliphatic rings. The van der Waals surface area contributed by atoms with Crippen molar-refractivity contribution in [1.82, 2.24) is 4.90 Å². The van der Waals surface area contributed by atoms with Crippen LogP contribution in [0.1, 0.15) is 6.92 Å². The Morgan fingerprint density at radius 1 is 1.48 bits per heavy atom. The SMILES string of the molecule is COc1ccc(NC(=O)[C@H]2COCCN2C(C)=O)cc1F. The number of halogens is 1. The molecule has 1 aliphatic heterocycles. The van der Waals surface area contributed by atoms with Crippen molar-refractivity contribution >= 4 is 17.5 Å². The molecule has 2 rings (SSSR count). The van der Waals surface area contributed by atoms with Gasteiger partial charge in [0.05, 0.1) is 20.3 Å². The summed E-state index contributed by atoms with van der Waals surface area (Å²) in [6.45, 7) is 2.30. The lowest BCUT2D eigenvalue weighted by atomic mass is 10.2. The number of benzene rings is 1. The van der Waals surface area contributed by atoms with Crippen molar-refractivity contribution in [3.63, 3.8) is 0 Å². The predicted octanol–water partition coefficient (Wildman–Crippen LogP) is 1.02. The number of nitrogens with one attached hydrogen (secondary N) is 1. The molecule has 0 aliphatic carbocycles. The molecule has 1 aromatic carbocycles. The van der Waals surface area contributed by atoms with E-state index in [9.17, 15) is 14.0 Å². The van der Waals surface area contributed by atoms with Gasteiger partial charge in [0, 0.05) is 25.2 Å². The van der Waals surface area contributed by atoms with Gasteiger partial charge in [-0.25, -0.2) is 4.39 Å². The first kappa shape index (κ1) is 15.2. The van der Waals surface area contributed by atoms with E-state index in [4.69, 9.17) is 9.47 Å². The van der Waals surface area contributed by atoms with E-state index in [2.05, 4.69) is 5.32 Å². The second kappa shape index (κ2) is 6.53. The maximum absolute atomic E-state index is 13.6. The second-order valence-electron chi connectivity index (χ2n) is 4.64. The van der Waals surface area contributed by atoms with E-state index >= 15 is 0 Å². The topological polar surface area (TPSA) is 67.9 Å². The average Bonchev–Trinajstić information content (AvgIpc) is 2.47. The molecule has 1 heterocycles. The summed E-state index contributed by atoms with van der Waals surface area (Å²) in [6.07, 6.45) is 0. The number of amides is 2. The van der Waals surface area contributed by atoms with Crippen LogP contribution in [0, 0.1) is 5.82 Å². The second-order valence-corrected chi connectivity index (χ2v) is 4.64. The molecule has 0 spiro atoms. The summed E-state index contributed by atoms with van der Waals surface area (Å²) in [4.78, 5) is 25.2. The molecule has 0 bridgehead atoms. The Labute approximate surface area is 121 Å². The molecule has 0 radical (unpaired) electrons. The fourth-order valence-electron chi connectivity index (χ4n) is 2.17. The van der Waals surface area contributed by atoms with Crippen molar-refractivity contribution in [2.24, 2.45) is 0 Å². The van der Waals surface area contributed by atoms with E-state index in [1.165, 1.54) is 37.1 Å². The zero-order valence-corrected chi connectivity index (χ0v) is 11.9. The number of carbonyl (C=O) groups excluding carboxylic acids is 2. The molecule has 1 fully saturated rings. The van der Waals surface area contributed by atoms with Gasteiger partial charge in [0.25, 0.3) is 0 Å². The number of nitrogens with zero attached hydrogens (tertiary/aromatic N) is 1. The highest BCUT2D eigenvalue weighted by molar-refractivity contribution is 5.97. The highest BCUT2D eigenvalue weighted by atomic mass is 19.1. The largest absolute Gasteiger partial charge is 0.494 e. The van der Waals surface area contributed by atoms with Crippen LogP contribution >= 0.6 is 0 Å². The van der Waals surface area contributed by atoms with E-state index in [1.54, 1.807) is 0 Å². The Morgan fingerprint density at radius 3 is 2.86 bits per heavy atom. The highest BCUT2D eigenvalue weighted by Gasteiger charge is 2.31. The number of anilines is 1. The number of ether oxygens (including phenoxy) is 2. The summed E-state index contributed by atoms with van der Waals surface area (Å²) >= 11 is 0. The van der Waals surface area contributed by atoms with Gasteiger partial charge in [-0.15, -0.1) is 0 Å². The minimum Gasteiger partial charge on any atom is -0.494 e. The average molecular weight is 296 g/mol. The van der Waals surface area contributed by atoms with Gasteiger partial charge in [-0.1, -0.05) is 0 Å². The molecule has 0 aromatic heterocycles. The Kier molecular flexibility index (Phi) is 4.74. The fraction of sp³-hybridized carbons (Fsp3) is 0.429. The van der Waals surface area contributed by atoms with Crippen molar-refractivity contribution in [3.8, 4) is 5.75 Å². The molecule has 1 atom stereocenters. The van der Waals surface area contributed by atoms with Gasteiger partial charge in [0.2, 0.25) is 11.8 Å². The highest BCUT2D eigenvalue weighted by Crippen LogP contribution is 2.21. The molecule has 1 aromatic rings. The lowest BCUT2D eigenvalue weighted by Crippen LogP contribution is -2.53. The number of hydrogen-bond acceptors (Lipinski definition) is 4. The van der Waals surface area contributed by atoms with Crippen molar-refractivity contribution in [2.45, 2.75) is 13.0 Å². The van der Waals surface area contributed by atoms with Crippen LogP contribution in [-0.2, 0) is 14.3 Å². The molecule has 6 nitrogen and oxygen atoms in total. The van der Waals surface area contributed by atoms with E-state index in [0.29, 0.717) is 18.8 Å². The molecule has 1 N–H and O–H groups in total. The van der Waals surface area contributed by atoms with Gasteiger partial charge >= 0.3 is 0 Å². The zero-order valence-electron chi connectivity index (χ0n) is 11.9. The molecule has 21 heavy (non-hydrogen) atoms. The summed E-state index contributed by atoms with van der Waals surface area (Å²) in [5.41, 5.74) is 0.298. The molecule has 7 heteroatoms. The normalized spacial score (nSPS) is 18.2. The summed E-state index contributed by atoms with van der Waals surface area (Å²) in [5.74, 6) is -1.08. The quantitative estimate of drug-likeness (QED) is 0.904. The molecule has 1 saturated heterocycles. The lowest BCUT2D eigenvalue weighted by Gasteiger charge is -2.33. The monoisotopic (exact) mass is 296 g/mol. The molecule has 2 amide bonds. The first-order chi connectivity index (χ1) is 10.0. The number of morpholine rings is 1. The maximum Gasteiger partial charge on any atom is 0.249 e. The summed E-state index contributed by atoms with van der Waals surface area (Å²) in [5, 5.41) is 2.58. The van der Waals surface area contributed by atoms with Crippen molar-refractivity contribution in [3.05, 3.63) is 24.0 Å². The summed E-state index contributed by atoms with van der Waals surface area (Å²) in [6, 6.07) is 3.41. The van der Waals surface area contributed by atoms with Gasteiger partial charge in [-0.3, -0.25) is 9.59 Å². The van der Waals surface area contributed by atoms with Crippen molar-refractivity contribution in [2.75, 3.05) is 32.2 Å². The van der Waals surface area contributed by atoms with Crippen LogP contribution in [0.4, 0.5) is 10.1 Å². The fourth-order valence-corrected chi connectivity index (χ4v) is 2.17. The minimum absolute atomic E-state index is 0.0966. The maximum atomic E-state index is 13.6. The summed E-state index contributed by atoms with van der Waals surface area (Å²) in [7, 11) is 1.36. The third kappa shape index (κ3) is 3.49. The number of hydrogen-bond donors (Lipinski definition) is 1. The zero-order chi connectivity index (χ0) is 15.4. The van der Waals surface area contributed by atoms with Crippen molar-refractivity contribution < 1.29 is 23.5 Å². The van der Waals surface area contributed by atoms with E-state index in [1.807, 2.05) is 0 Å². The third-order valence-electron chi connectivity index (χ3n) is 3.25. The van der Waals surface area contributed by atoms with Crippen molar-refractivity contribution in [1.29, 1.82) is 0 Å². The third-order valence-corrected chi connectivity index (χ3v) is 3.25. The van der Waals surface area contributed by atoms with Gasteiger partial charge in [-0.05, 0) is 12.1 Å². The Bertz CT molecular complexity index is 550. The van der Waals surface area contributed by atoms with Crippen LogP contribution in [0.25, 0.3) is 0 Å². The smallest absolute Gasteiger partial charge is 0.249 e. The van der Waals surface area contributed by atoms with Gasteiger partial charge in [0.1, 0.15) is 6.04 Å². The minimum atomic E-state index is -0.707. The van der Waals surface area contributed by atoms with Gasteiger partial charge < -0.3 is 19.7 Å². The standard InChI is InChI=1S/C14H17FN2O4/c1-9(18)17-5-6-21-8-12(17)14(19)16-10-3-4-13(20-2)11(15)7-10/h3-4,7,12H,5-6,8H2,1-2H3,(H,16,19)/t12-/m1/s1. The first-order valence-corrected chi connectivity index (χ1v) is 6.52. The van der Waals surface area contributed by atoms with Gasteiger partial charge in [0.15, 0.2) is 11.6 Å². The van der Waals surface area contributed by atoms with Crippen LogP contribution in [0.3, 0.4) is 0 Å². The molecule has 0 unspecified atom stereocenters. The number of rotatable bonds is 3. The van der Waals surface area contributed by atoms with E-state index in [0.717, 1.165) is 0 Å². The molecule has 114 valence electrons. The van der Waals surface area contributed by atoms with Crippen LogP contribution in [0.2, 0.25) is 0 Å². The Hall–Kier alpha value is -2.15. The van der Waals surface area contributed by atoms with Crippen LogP contribution in [-0.4, -0.2) is 49.6 Å². The molecular weight excluding hydrogens is 279 g/mol. The molecule has 0 saturated carbocycles. The summed E-state index contributed by atoms with van der Waals surface area (Å²) < 4.78 is 23.6. The van der Waals surface area contributed by atoms with Crippen LogP contribution in [0.15, 0.2) is 18.2 Å². The van der Waals surface area contributed by atoms with Gasteiger partial charge in [-0.2, -0.15) is 0 Å². The predicted molar refractivity (Wildman–Crippen MR) is 73.6 cm³/mol. The number of carbonyl (C=O) groups is 2. The van der Waals surface area contributed by atoms with Crippen LogP contribution in [0.5, 0.6) is 5.75 Å². The first-order valence-electron chi connectivity index (χ1n) is 6.52.